The molecule has 0 spiro atoms. The average molecular weight is 438 g/mol. The molecule has 2 heterocycles. The number of anilines is 1. The molecule has 0 fully saturated rings. The summed E-state index contributed by atoms with van der Waals surface area (Å²) in [5, 5.41) is 6.59. The molecule has 0 atom stereocenters. The van der Waals surface area contributed by atoms with E-state index in [2.05, 4.69) is 10.3 Å². The molecule has 8 heteroatoms. The molecule has 0 unspecified atom stereocenters. The summed E-state index contributed by atoms with van der Waals surface area (Å²) in [5.74, 6) is 1.93. The smallest absolute Gasteiger partial charge is 0.234 e. The first-order valence-corrected chi connectivity index (χ1v) is 11.0. The van der Waals surface area contributed by atoms with Gasteiger partial charge in [-0.05, 0) is 29.6 Å². The molecule has 0 aliphatic rings. The molecular formula is C22H19N3O3S2. The van der Waals surface area contributed by atoms with E-state index in [1.165, 1.54) is 11.8 Å². The first-order valence-electron chi connectivity index (χ1n) is 9.13. The van der Waals surface area contributed by atoms with Crippen LogP contribution in [0.5, 0.6) is 11.5 Å². The van der Waals surface area contributed by atoms with Crippen LogP contribution in [0.3, 0.4) is 0 Å². The van der Waals surface area contributed by atoms with E-state index in [9.17, 15) is 4.79 Å². The van der Waals surface area contributed by atoms with Gasteiger partial charge in [0.15, 0.2) is 5.82 Å². The SMILES string of the molecule is COc1ccc(NC(=O)CSc2nc(-c3cccs3)nc3ccccc23)c(OC)c1. The van der Waals surface area contributed by atoms with Crippen molar-refractivity contribution < 1.29 is 14.3 Å². The lowest BCUT2D eigenvalue weighted by Crippen LogP contribution is -2.15. The minimum absolute atomic E-state index is 0.149. The van der Waals surface area contributed by atoms with Gasteiger partial charge in [0, 0.05) is 11.5 Å². The number of benzene rings is 2. The number of nitrogens with zero attached hydrogens (tertiary/aromatic N) is 2. The molecule has 1 amide bonds. The normalized spacial score (nSPS) is 10.7. The number of rotatable bonds is 7. The topological polar surface area (TPSA) is 73.3 Å². The summed E-state index contributed by atoms with van der Waals surface area (Å²) in [6, 6.07) is 17.1. The molecule has 0 radical (unpaired) electrons. The number of carbonyl (C=O) groups excluding carboxylic acids is 1. The Morgan fingerprint density at radius 3 is 2.70 bits per heavy atom. The number of thiophene rings is 1. The number of para-hydroxylation sites is 1. The highest BCUT2D eigenvalue weighted by molar-refractivity contribution is 8.00. The fraction of sp³-hybridized carbons (Fsp3) is 0.136. The van der Waals surface area contributed by atoms with Gasteiger partial charge < -0.3 is 14.8 Å². The highest BCUT2D eigenvalue weighted by Gasteiger charge is 2.14. The third-order valence-electron chi connectivity index (χ3n) is 4.33. The second-order valence-corrected chi connectivity index (χ2v) is 8.16. The maximum absolute atomic E-state index is 12.6. The summed E-state index contributed by atoms with van der Waals surface area (Å²) in [6.07, 6.45) is 0. The number of thioether (sulfide) groups is 1. The predicted octanol–water partition coefficient (Wildman–Crippen LogP) is 5.11. The van der Waals surface area contributed by atoms with Crippen LogP contribution in [0.15, 0.2) is 65.0 Å². The van der Waals surface area contributed by atoms with Gasteiger partial charge in [0.1, 0.15) is 16.5 Å². The number of nitrogens with one attached hydrogen (secondary N) is 1. The number of fused-ring (bicyclic) bond motifs is 1. The van der Waals surface area contributed by atoms with Crippen molar-refractivity contribution in [3.63, 3.8) is 0 Å². The van der Waals surface area contributed by atoms with Crippen LogP contribution in [0.25, 0.3) is 21.6 Å². The minimum Gasteiger partial charge on any atom is -0.497 e. The number of carbonyl (C=O) groups is 1. The number of hydrogen-bond acceptors (Lipinski definition) is 7. The minimum atomic E-state index is -0.149. The lowest BCUT2D eigenvalue weighted by atomic mass is 10.2. The number of ether oxygens (including phenoxy) is 2. The van der Waals surface area contributed by atoms with Crippen molar-refractivity contribution in [2.45, 2.75) is 5.03 Å². The number of methoxy groups -OCH3 is 2. The summed E-state index contributed by atoms with van der Waals surface area (Å²) >= 11 is 2.97. The number of amides is 1. The van der Waals surface area contributed by atoms with E-state index in [1.807, 2.05) is 41.8 Å². The maximum Gasteiger partial charge on any atom is 0.234 e. The molecule has 0 aliphatic heterocycles. The van der Waals surface area contributed by atoms with Crippen molar-refractivity contribution in [3.05, 3.63) is 60.0 Å². The molecule has 152 valence electrons. The molecule has 1 N–H and O–H groups in total. The Labute approximate surface area is 182 Å². The van der Waals surface area contributed by atoms with E-state index in [0.29, 0.717) is 23.0 Å². The van der Waals surface area contributed by atoms with Gasteiger partial charge in [0.25, 0.3) is 0 Å². The van der Waals surface area contributed by atoms with Crippen LogP contribution in [0.1, 0.15) is 0 Å². The largest absolute Gasteiger partial charge is 0.497 e. The van der Waals surface area contributed by atoms with E-state index >= 15 is 0 Å². The van der Waals surface area contributed by atoms with E-state index in [1.54, 1.807) is 43.8 Å². The summed E-state index contributed by atoms with van der Waals surface area (Å²) in [7, 11) is 3.14. The average Bonchev–Trinajstić information content (AvgIpc) is 3.32. The second-order valence-electron chi connectivity index (χ2n) is 6.25. The summed E-state index contributed by atoms with van der Waals surface area (Å²) in [6.45, 7) is 0. The lowest BCUT2D eigenvalue weighted by molar-refractivity contribution is -0.113. The Balaban J connectivity index is 1.54. The summed E-state index contributed by atoms with van der Waals surface area (Å²) in [5.41, 5.74) is 1.45. The molecule has 2 aromatic carbocycles. The Hall–Kier alpha value is -3.10. The van der Waals surface area contributed by atoms with Gasteiger partial charge in [0.05, 0.1) is 36.1 Å². The van der Waals surface area contributed by atoms with Crippen LogP contribution >= 0.6 is 23.1 Å². The van der Waals surface area contributed by atoms with Gasteiger partial charge in [-0.3, -0.25) is 4.79 Å². The van der Waals surface area contributed by atoms with Crippen LogP contribution < -0.4 is 14.8 Å². The molecule has 4 aromatic rings. The van der Waals surface area contributed by atoms with Crippen LogP contribution in [-0.2, 0) is 4.79 Å². The Bertz CT molecular complexity index is 1180. The van der Waals surface area contributed by atoms with Gasteiger partial charge in [-0.1, -0.05) is 36.0 Å². The molecule has 30 heavy (non-hydrogen) atoms. The van der Waals surface area contributed by atoms with Gasteiger partial charge in [-0.2, -0.15) is 0 Å². The Kier molecular flexibility index (Phi) is 6.15. The second kappa shape index (κ2) is 9.15. The maximum atomic E-state index is 12.6. The fourth-order valence-electron chi connectivity index (χ4n) is 2.90. The molecule has 0 bridgehead atoms. The highest BCUT2D eigenvalue weighted by atomic mass is 32.2. The van der Waals surface area contributed by atoms with Crippen LogP contribution in [0.4, 0.5) is 5.69 Å². The van der Waals surface area contributed by atoms with Gasteiger partial charge in [-0.15, -0.1) is 11.3 Å². The van der Waals surface area contributed by atoms with Gasteiger partial charge in [0.2, 0.25) is 5.91 Å². The molecule has 2 aromatic heterocycles. The quantitative estimate of drug-likeness (QED) is 0.320. The lowest BCUT2D eigenvalue weighted by Gasteiger charge is -2.12. The van der Waals surface area contributed by atoms with Gasteiger partial charge in [-0.25, -0.2) is 9.97 Å². The van der Waals surface area contributed by atoms with Crippen molar-refractivity contribution in [1.29, 1.82) is 0 Å². The zero-order chi connectivity index (χ0) is 20.9. The monoisotopic (exact) mass is 437 g/mol. The molecule has 0 aliphatic carbocycles. The van der Waals surface area contributed by atoms with Crippen LogP contribution in [0.2, 0.25) is 0 Å². The van der Waals surface area contributed by atoms with E-state index in [-0.39, 0.29) is 11.7 Å². The zero-order valence-electron chi connectivity index (χ0n) is 16.4. The first kappa shape index (κ1) is 20.2. The number of aromatic nitrogens is 2. The Morgan fingerprint density at radius 2 is 1.93 bits per heavy atom. The Morgan fingerprint density at radius 1 is 1.07 bits per heavy atom. The first-order chi connectivity index (χ1) is 14.7. The fourth-order valence-corrected chi connectivity index (χ4v) is 4.37. The van der Waals surface area contributed by atoms with E-state index < -0.39 is 0 Å². The predicted molar refractivity (Wildman–Crippen MR) is 122 cm³/mol. The van der Waals surface area contributed by atoms with E-state index in [0.717, 1.165) is 20.8 Å². The molecular weight excluding hydrogens is 418 g/mol. The van der Waals surface area contributed by atoms with Gasteiger partial charge >= 0.3 is 0 Å². The summed E-state index contributed by atoms with van der Waals surface area (Å²) < 4.78 is 10.5. The van der Waals surface area contributed by atoms with Crippen molar-refractivity contribution >= 4 is 45.6 Å². The van der Waals surface area contributed by atoms with Crippen LogP contribution in [0, 0.1) is 0 Å². The van der Waals surface area contributed by atoms with Crippen molar-refractivity contribution in [3.8, 4) is 22.2 Å². The highest BCUT2D eigenvalue weighted by Crippen LogP contribution is 2.31. The van der Waals surface area contributed by atoms with Crippen molar-refractivity contribution in [2.24, 2.45) is 0 Å². The molecule has 4 rings (SSSR count). The standard InChI is InChI=1S/C22H19N3O3S2/c1-27-14-9-10-17(18(12-14)28-2)23-20(26)13-30-22-15-6-3-4-7-16(15)24-21(25-22)19-8-5-11-29-19/h3-12H,13H2,1-2H3,(H,23,26). The molecule has 0 saturated carbocycles. The van der Waals surface area contributed by atoms with Crippen molar-refractivity contribution in [1.82, 2.24) is 9.97 Å². The van der Waals surface area contributed by atoms with Crippen LogP contribution in [-0.4, -0.2) is 35.8 Å². The van der Waals surface area contributed by atoms with Crippen molar-refractivity contribution in [2.75, 3.05) is 25.3 Å². The van der Waals surface area contributed by atoms with E-state index in [4.69, 9.17) is 14.5 Å². The number of hydrogen-bond donors (Lipinski definition) is 1. The third-order valence-corrected chi connectivity index (χ3v) is 6.19. The summed E-state index contributed by atoms with van der Waals surface area (Å²) in [4.78, 5) is 23.0. The molecule has 6 nitrogen and oxygen atoms in total. The molecule has 0 saturated heterocycles. The zero-order valence-corrected chi connectivity index (χ0v) is 18.0. The third kappa shape index (κ3) is 4.39.